The molecule has 0 aromatic heterocycles. The summed E-state index contributed by atoms with van der Waals surface area (Å²) >= 11 is 6.09. The molecule has 2 aromatic carbocycles. The number of ether oxygens (including phenoxy) is 1. The first-order valence-corrected chi connectivity index (χ1v) is 6.99. The third kappa shape index (κ3) is 2.18. The number of halogens is 1. The highest BCUT2D eigenvalue weighted by Crippen LogP contribution is 2.46. The summed E-state index contributed by atoms with van der Waals surface area (Å²) in [5, 5.41) is 10.5. The molecule has 3 nitrogen and oxygen atoms in total. The first-order chi connectivity index (χ1) is 9.74. The maximum Gasteiger partial charge on any atom is 0.131 e. The summed E-state index contributed by atoms with van der Waals surface area (Å²) in [6.45, 7) is 0.449. The Hall–Kier alpha value is -1.55. The van der Waals surface area contributed by atoms with Gasteiger partial charge in [-0.1, -0.05) is 29.8 Å². The normalized spacial score (nSPS) is 20.6. The van der Waals surface area contributed by atoms with Crippen molar-refractivity contribution in [2.24, 2.45) is 5.73 Å². The van der Waals surface area contributed by atoms with E-state index < -0.39 is 0 Å². The van der Waals surface area contributed by atoms with E-state index in [0.717, 1.165) is 22.6 Å². The minimum atomic E-state index is -0.114. The molecular weight excluding hydrogens is 274 g/mol. The van der Waals surface area contributed by atoms with Crippen molar-refractivity contribution in [1.82, 2.24) is 0 Å². The molecule has 0 fully saturated rings. The Morgan fingerprint density at radius 1 is 1.05 bits per heavy atom. The topological polar surface area (TPSA) is 55.5 Å². The van der Waals surface area contributed by atoms with E-state index in [9.17, 15) is 5.11 Å². The Labute approximate surface area is 122 Å². The zero-order chi connectivity index (χ0) is 14.1. The number of rotatable bonds is 2. The Morgan fingerprint density at radius 2 is 1.80 bits per heavy atom. The van der Waals surface area contributed by atoms with Gasteiger partial charge in [0.1, 0.15) is 11.5 Å². The van der Waals surface area contributed by atoms with Crippen molar-refractivity contribution < 1.29 is 9.84 Å². The lowest BCUT2D eigenvalue weighted by atomic mass is 9.82. The zero-order valence-electron chi connectivity index (χ0n) is 10.9. The van der Waals surface area contributed by atoms with Crippen LogP contribution in [0.25, 0.3) is 0 Å². The van der Waals surface area contributed by atoms with E-state index in [1.165, 1.54) is 0 Å². The van der Waals surface area contributed by atoms with Crippen LogP contribution < -0.4 is 10.5 Å². The fourth-order valence-electron chi connectivity index (χ4n) is 2.85. The number of nitrogens with two attached hydrogens (primary N) is 1. The minimum absolute atomic E-state index is 0.00685. The van der Waals surface area contributed by atoms with Crippen molar-refractivity contribution in [2.75, 3.05) is 13.2 Å². The van der Waals surface area contributed by atoms with Crippen molar-refractivity contribution in [3.63, 3.8) is 0 Å². The molecule has 20 heavy (non-hydrogen) atoms. The van der Waals surface area contributed by atoms with Crippen LogP contribution in [-0.4, -0.2) is 18.3 Å². The van der Waals surface area contributed by atoms with Gasteiger partial charge in [0.25, 0.3) is 0 Å². The Balaban J connectivity index is 2.21. The maximum absolute atomic E-state index is 9.83. The first-order valence-electron chi connectivity index (χ1n) is 6.61. The molecule has 0 aliphatic carbocycles. The fraction of sp³-hybridized carbons (Fsp3) is 0.250. The molecular formula is C16H16ClNO2. The van der Waals surface area contributed by atoms with Gasteiger partial charge < -0.3 is 15.6 Å². The SMILES string of the molecule is NCC1c2ccccc2Oc2ccc(Cl)cc2C1CO. The summed E-state index contributed by atoms with van der Waals surface area (Å²) in [6, 6.07) is 13.3. The molecule has 0 bridgehead atoms. The zero-order valence-corrected chi connectivity index (χ0v) is 11.7. The van der Waals surface area contributed by atoms with Crippen molar-refractivity contribution >= 4 is 11.6 Å². The Kier molecular flexibility index (Phi) is 3.66. The van der Waals surface area contributed by atoms with Gasteiger partial charge in [0, 0.05) is 22.4 Å². The predicted molar refractivity (Wildman–Crippen MR) is 79.6 cm³/mol. The molecule has 2 aromatic rings. The van der Waals surface area contributed by atoms with Crippen LogP contribution in [0, 0.1) is 0 Å². The molecule has 2 atom stereocenters. The molecule has 0 spiro atoms. The van der Waals surface area contributed by atoms with E-state index in [1.807, 2.05) is 36.4 Å². The van der Waals surface area contributed by atoms with Crippen LogP contribution in [0.15, 0.2) is 42.5 Å². The second-order valence-electron chi connectivity index (χ2n) is 4.95. The lowest BCUT2D eigenvalue weighted by molar-refractivity contribution is 0.249. The van der Waals surface area contributed by atoms with E-state index in [0.29, 0.717) is 11.6 Å². The minimum Gasteiger partial charge on any atom is -0.457 e. The average molecular weight is 290 g/mol. The molecule has 3 rings (SSSR count). The smallest absolute Gasteiger partial charge is 0.131 e. The quantitative estimate of drug-likeness (QED) is 0.892. The summed E-state index contributed by atoms with van der Waals surface area (Å²) in [6.07, 6.45) is 0. The average Bonchev–Trinajstić information content (AvgIpc) is 2.60. The highest BCUT2D eigenvalue weighted by Gasteiger charge is 2.31. The van der Waals surface area contributed by atoms with Gasteiger partial charge in [-0.15, -0.1) is 0 Å². The van der Waals surface area contributed by atoms with Gasteiger partial charge in [-0.25, -0.2) is 0 Å². The monoisotopic (exact) mass is 289 g/mol. The maximum atomic E-state index is 9.83. The van der Waals surface area contributed by atoms with Crippen molar-refractivity contribution in [1.29, 1.82) is 0 Å². The standard InChI is InChI=1S/C16H16ClNO2/c17-10-5-6-16-12(7-10)14(9-19)13(8-18)11-3-1-2-4-15(11)20-16/h1-7,13-14,19H,8-9,18H2. The molecule has 0 saturated carbocycles. The molecule has 2 unspecified atom stereocenters. The largest absolute Gasteiger partial charge is 0.457 e. The van der Waals surface area contributed by atoms with Gasteiger partial charge in [0.05, 0.1) is 6.61 Å². The van der Waals surface area contributed by atoms with Gasteiger partial charge in [0.15, 0.2) is 0 Å². The predicted octanol–water partition coefficient (Wildman–Crippen LogP) is 3.26. The van der Waals surface area contributed by atoms with Crippen LogP contribution in [0.5, 0.6) is 11.5 Å². The second-order valence-corrected chi connectivity index (χ2v) is 5.39. The number of aliphatic hydroxyl groups excluding tert-OH is 1. The Bertz CT molecular complexity index is 630. The molecule has 3 N–H and O–H groups in total. The van der Waals surface area contributed by atoms with Gasteiger partial charge in [-0.05, 0) is 36.4 Å². The fourth-order valence-corrected chi connectivity index (χ4v) is 3.03. The highest BCUT2D eigenvalue weighted by molar-refractivity contribution is 6.30. The number of benzene rings is 2. The van der Waals surface area contributed by atoms with Crippen LogP contribution >= 0.6 is 11.6 Å². The summed E-state index contributed by atoms with van der Waals surface area (Å²) in [5.41, 5.74) is 7.89. The third-order valence-electron chi connectivity index (χ3n) is 3.85. The molecule has 0 amide bonds. The van der Waals surface area contributed by atoms with E-state index in [4.69, 9.17) is 22.1 Å². The van der Waals surface area contributed by atoms with Crippen LogP contribution in [0.1, 0.15) is 23.0 Å². The molecule has 4 heteroatoms. The number of para-hydroxylation sites is 1. The van der Waals surface area contributed by atoms with Crippen LogP contribution in [0.2, 0.25) is 5.02 Å². The number of hydrogen-bond donors (Lipinski definition) is 2. The summed E-state index contributed by atoms with van der Waals surface area (Å²) in [5.74, 6) is 1.42. The molecule has 1 heterocycles. The van der Waals surface area contributed by atoms with E-state index in [1.54, 1.807) is 6.07 Å². The van der Waals surface area contributed by atoms with Crippen molar-refractivity contribution in [2.45, 2.75) is 11.8 Å². The van der Waals surface area contributed by atoms with Gasteiger partial charge in [0.2, 0.25) is 0 Å². The third-order valence-corrected chi connectivity index (χ3v) is 4.08. The van der Waals surface area contributed by atoms with Crippen molar-refractivity contribution in [3.8, 4) is 11.5 Å². The second kappa shape index (κ2) is 5.44. The number of hydrogen-bond acceptors (Lipinski definition) is 3. The molecule has 104 valence electrons. The molecule has 1 aliphatic rings. The van der Waals surface area contributed by atoms with Crippen LogP contribution in [-0.2, 0) is 0 Å². The van der Waals surface area contributed by atoms with E-state index in [2.05, 4.69) is 0 Å². The number of fused-ring (bicyclic) bond motifs is 2. The first kappa shape index (κ1) is 13.4. The van der Waals surface area contributed by atoms with Crippen molar-refractivity contribution in [3.05, 3.63) is 58.6 Å². The lowest BCUT2D eigenvalue weighted by Crippen LogP contribution is -2.22. The van der Waals surface area contributed by atoms with Crippen LogP contribution in [0.4, 0.5) is 0 Å². The number of aliphatic hydroxyl groups is 1. The summed E-state index contributed by atoms with van der Waals surface area (Å²) in [4.78, 5) is 0. The highest BCUT2D eigenvalue weighted by atomic mass is 35.5. The van der Waals surface area contributed by atoms with Crippen LogP contribution in [0.3, 0.4) is 0 Å². The molecule has 0 saturated heterocycles. The van der Waals surface area contributed by atoms with Gasteiger partial charge >= 0.3 is 0 Å². The summed E-state index contributed by atoms with van der Waals surface area (Å²) < 4.78 is 6.00. The van der Waals surface area contributed by atoms with Gasteiger partial charge in [-0.2, -0.15) is 0 Å². The van der Waals surface area contributed by atoms with E-state index >= 15 is 0 Å². The lowest BCUT2D eigenvalue weighted by Gasteiger charge is -2.23. The Morgan fingerprint density at radius 3 is 2.55 bits per heavy atom. The van der Waals surface area contributed by atoms with E-state index in [-0.39, 0.29) is 18.4 Å². The van der Waals surface area contributed by atoms with Gasteiger partial charge in [-0.3, -0.25) is 0 Å². The summed E-state index contributed by atoms with van der Waals surface area (Å²) in [7, 11) is 0. The molecule has 1 aliphatic heterocycles. The molecule has 0 radical (unpaired) electrons.